The van der Waals surface area contributed by atoms with Crippen LogP contribution in [0.5, 0.6) is 5.75 Å². The lowest BCUT2D eigenvalue weighted by atomic mass is 10.1. The molecule has 3 rings (SSSR count). The van der Waals surface area contributed by atoms with E-state index in [1.165, 1.54) is 12.5 Å². The highest BCUT2D eigenvalue weighted by atomic mass is 16.5. The summed E-state index contributed by atoms with van der Waals surface area (Å²) in [5.74, 6) is 0.809. The van der Waals surface area contributed by atoms with Gasteiger partial charge in [0.1, 0.15) is 5.75 Å². The number of rotatable bonds is 7. The van der Waals surface area contributed by atoms with Gasteiger partial charge in [-0.3, -0.25) is 19.4 Å². The van der Waals surface area contributed by atoms with E-state index in [1.54, 1.807) is 25.3 Å². The Labute approximate surface area is 172 Å². The van der Waals surface area contributed by atoms with E-state index in [4.69, 9.17) is 4.74 Å². The van der Waals surface area contributed by atoms with Gasteiger partial charge in [0, 0.05) is 44.0 Å². The van der Waals surface area contributed by atoms with Crippen LogP contribution in [0.15, 0.2) is 48.5 Å². The molecule has 0 bridgehead atoms. The molecule has 0 aliphatic carbocycles. The van der Waals surface area contributed by atoms with Crippen molar-refractivity contribution < 1.29 is 14.3 Å². The molecule has 0 unspecified atom stereocenters. The highest BCUT2D eigenvalue weighted by Crippen LogP contribution is 2.16. The van der Waals surface area contributed by atoms with Crippen LogP contribution in [-0.2, 0) is 11.3 Å². The summed E-state index contributed by atoms with van der Waals surface area (Å²) < 4.78 is 5.21. The van der Waals surface area contributed by atoms with Gasteiger partial charge in [-0.05, 0) is 43.7 Å². The zero-order chi connectivity index (χ0) is 20.8. The molecule has 6 nitrogen and oxygen atoms in total. The Kier molecular flexibility index (Phi) is 7.01. The van der Waals surface area contributed by atoms with Gasteiger partial charge in [0.15, 0.2) is 5.78 Å². The summed E-state index contributed by atoms with van der Waals surface area (Å²) in [5.41, 5.74) is 2.52. The summed E-state index contributed by atoms with van der Waals surface area (Å²) in [6.45, 7) is 7.89. The van der Waals surface area contributed by atoms with Crippen molar-refractivity contribution in [3.05, 3.63) is 59.7 Å². The Morgan fingerprint density at radius 1 is 1.07 bits per heavy atom. The minimum atomic E-state index is -0.223. The molecule has 2 aromatic carbocycles. The van der Waals surface area contributed by atoms with Gasteiger partial charge in [0.25, 0.3) is 0 Å². The molecule has 6 heteroatoms. The lowest BCUT2D eigenvalue weighted by molar-refractivity contribution is -0.121. The number of methoxy groups -OCH3 is 1. The molecule has 0 spiro atoms. The van der Waals surface area contributed by atoms with Crippen LogP contribution in [0.2, 0.25) is 0 Å². The van der Waals surface area contributed by atoms with Gasteiger partial charge < -0.3 is 10.1 Å². The summed E-state index contributed by atoms with van der Waals surface area (Å²) in [6.07, 6.45) is 0. The molecule has 29 heavy (non-hydrogen) atoms. The first-order valence-electron chi connectivity index (χ1n) is 9.97. The molecule has 1 aliphatic rings. The van der Waals surface area contributed by atoms with Crippen molar-refractivity contribution in [2.45, 2.75) is 26.4 Å². The van der Waals surface area contributed by atoms with Gasteiger partial charge in [-0.1, -0.05) is 24.3 Å². The number of ketones is 1. The average Bonchev–Trinajstić information content (AvgIpc) is 2.74. The van der Waals surface area contributed by atoms with E-state index in [0.29, 0.717) is 11.3 Å². The molecule has 0 radical (unpaired) electrons. The second-order valence-corrected chi connectivity index (χ2v) is 7.46. The van der Waals surface area contributed by atoms with Crippen molar-refractivity contribution in [2.75, 3.05) is 38.6 Å². The lowest BCUT2D eigenvalue weighted by Gasteiger charge is -2.37. The molecule has 1 amide bonds. The Morgan fingerprint density at radius 2 is 1.76 bits per heavy atom. The number of ether oxygens (including phenoxy) is 1. The number of carbonyl (C=O) groups is 2. The van der Waals surface area contributed by atoms with Gasteiger partial charge in [-0.15, -0.1) is 0 Å². The number of anilines is 1. The lowest BCUT2D eigenvalue weighted by Crippen LogP contribution is -2.52. The number of hydrogen-bond donors (Lipinski definition) is 1. The second-order valence-electron chi connectivity index (χ2n) is 7.46. The number of hydrogen-bond acceptors (Lipinski definition) is 5. The van der Waals surface area contributed by atoms with E-state index in [1.807, 2.05) is 25.1 Å². The summed E-state index contributed by atoms with van der Waals surface area (Å²) in [5, 5.41) is 2.94. The minimum absolute atomic E-state index is 0.0119. The monoisotopic (exact) mass is 395 g/mol. The SMILES string of the molecule is COc1ccc(CN2CCN([C@H](C)C(=O)Nc3cccc(C(C)=O)c3)CC2)cc1. The normalized spacial score (nSPS) is 16.2. The Morgan fingerprint density at radius 3 is 2.38 bits per heavy atom. The zero-order valence-corrected chi connectivity index (χ0v) is 17.4. The van der Waals surface area contributed by atoms with Crippen LogP contribution < -0.4 is 10.1 Å². The Hall–Kier alpha value is -2.70. The largest absolute Gasteiger partial charge is 0.497 e. The topological polar surface area (TPSA) is 61.9 Å². The van der Waals surface area contributed by atoms with Crippen molar-refractivity contribution in [1.82, 2.24) is 9.80 Å². The van der Waals surface area contributed by atoms with Crippen molar-refractivity contribution >= 4 is 17.4 Å². The zero-order valence-electron chi connectivity index (χ0n) is 17.4. The summed E-state index contributed by atoms with van der Waals surface area (Å²) >= 11 is 0. The van der Waals surface area contributed by atoms with Crippen LogP contribution >= 0.6 is 0 Å². The van der Waals surface area contributed by atoms with Crippen molar-refractivity contribution in [3.8, 4) is 5.75 Å². The number of piperazine rings is 1. The first-order valence-corrected chi connectivity index (χ1v) is 9.97. The Bertz CT molecular complexity index is 843. The summed E-state index contributed by atoms with van der Waals surface area (Å²) in [6, 6.07) is 15.0. The molecule has 1 fully saturated rings. The summed E-state index contributed by atoms with van der Waals surface area (Å²) in [4.78, 5) is 28.8. The van der Waals surface area contributed by atoms with Crippen molar-refractivity contribution in [2.24, 2.45) is 0 Å². The molecular weight excluding hydrogens is 366 g/mol. The molecular formula is C23H29N3O3. The molecule has 0 aromatic heterocycles. The highest BCUT2D eigenvalue weighted by molar-refractivity contribution is 5.98. The first kappa shape index (κ1) is 21.0. The van der Waals surface area contributed by atoms with E-state index >= 15 is 0 Å². The van der Waals surface area contributed by atoms with Gasteiger partial charge >= 0.3 is 0 Å². The third-order valence-corrected chi connectivity index (χ3v) is 5.44. The number of carbonyl (C=O) groups excluding carboxylic acids is 2. The van der Waals surface area contributed by atoms with Crippen LogP contribution in [0.25, 0.3) is 0 Å². The van der Waals surface area contributed by atoms with Gasteiger partial charge in [-0.25, -0.2) is 0 Å². The third kappa shape index (κ3) is 5.65. The van der Waals surface area contributed by atoms with Crippen molar-refractivity contribution in [1.29, 1.82) is 0 Å². The first-order chi connectivity index (χ1) is 14.0. The molecule has 154 valence electrons. The average molecular weight is 396 g/mol. The van der Waals surface area contributed by atoms with Crippen LogP contribution in [-0.4, -0.2) is 60.8 Å². The van der Waals surface area contributed by atoms with E-state index in [2.05, 4.69) is 27.2 Å². The van der Waals surface area contributed by atoms with Crippen molar-refractivity contribution in [3.63, 3.8) is 0 Å². The molecule has 1 atom stereocenters. The fourth-order valence-corrected chi connectivity index (χ4v) is 3.53. The fourth-order valence-electron chi connectivity index (χ4n) is 3.53. The molecule has 1 heterocycles. The van der Waals surface area contributed by atoms with Crippen LogP contribution in [0.3, 0.4) is 0 Å². The standard InChI is InChI=1S/C23H29N3O3/c1-17(23(28)24-21-6-4-5-20(15-21)18(2)27)26-13-11-25(12-14-26)16-19-7-9-22(29-3)10-8-19/h4-10,15,17H,11-14,16H2,1-3H3,(H,24,28)/t17-/m1/s1. The van der Waals surface area contributed by atoms with E-state index in [0.717, 1.165) is 38.5 Å². The number of Topliss-reactive ketones (excluding diaryl/α,β-unsaturated/α-hetero) is 1. The van der Waals surface area contributed by atoms with Crippen LogP contribution in [0, 0.1) is 0 Å². The smallest absolute Gasteiger partial charge is 0.241 e. The van der Waals surface area contributed by atoms with Gasteiger partial charge in [0.2, 0.25) is 5.91 Å². The molecule has 1 aliphatic heterocycles. The minimum Gasteiger partial charge on any atom is -0.497 e. The maximum absolute atomic E-state index is 12.7. The molecule has 1 N–H and O–H groups in total. The number of nitrogens with zero attached hydrogens (tertiary/aromatic N) is 2. The van der Waals surface area contributed by atoms with E-state index in [-0.39, 0.29) is 17.7 Å². The van der Waals surface area contributed by atoms with Crippen LogP contribution in [0.1, 0.15) is 29.8 Å². The van der Waals surface area contributed by atoms with Gasteiger partial charge in [0.05, 0.1) is 13.2 Å². The molecule has 2 aromatic rings. The number of benzene rings is 2. The predicted octanol–water partition coefficient (Wildman–Crippen LogP) is 3.04. The van der Waals surface area contributed by atoms with E-state index in [9.17, 15) is 9.59 Å². The highest BCUT2D eigenvalue weighted by Gasteiger charge is 2.25. The summed E-state index contributed by atoms with van der Waals surface area (Å²) in [7, 11) is 1.67. The van der Waals surface area contributed by atoms with Gasteiger partial charge in [-0.2, -0.15) is 0 Å². The molecule has 1 saturated heterocycles. The number of amides is 1. The fraction of sp³-hybridized carbons (Fsp3) is 0.391. The second kappa shape index (κ2) is 9.67. The van der Waals surface area contributed by atoms with E-state index < -0.39 is 0 Å². The maximum Gasteiger partial charge on any atom is 0.241 e. The predicted molar refractivity (Wildman–Crippen MR) is 114 cm³/mol. The van der Waals surface area contributed by atoms with Crippen LogP contribution in [0.4, 0.5) is 5.69 Å². The maximum atomic E-state index is 12.7. The Balaban J connectivity index is 1.49. The quantitative estimate of drug-likeness (QED) is 0.730. The third-order valence-electron chi connectivity index (χ3n) is 5.44. The number of nitrogens with one attached hydrogen (secondary N) is 1. The molecule has 0 saturated carbocycles.